The third kappa shape index (κ3) is 4.63. The van der Waals surface area contributed by atoms with Crippen LogP contribution in [0.1, 0.15) is 38.2 Å². The van der Waals surface area contributed by atoms with Gasteiger partial charge in [0.2, 0.25) is 11.8 Å². The van der Waals surface area contributed by atoms with E-state index in [1.54, 1.807) is 0 Å². The maximum atomic E-state index is 13.2. The quantitative estimate of drug-likeness (QED) is 0.886. The molecule has 0 saturated heterocycles. The number of hydrogen-bond donors (Lipinski definition) is 1. The SMILES string of the molecule is CC(=O)N(CC(=O)NC1CCCC1)c1ccc(Cl)cc1C(F)(F)F. The number of anilines is 1. The number of benzene rings is 1. The third-order valence-corrected chi connectivity index (χ3v) is 4.19. The molecule has 1 fully saturated rings. The maximum absolute atomic E-state index is 13.2. The summed E-state index contributed by atoms with van der Waals surface area (Å²) in [4.78, 5) is 24.8. The van der Waals surface area contributed by atoms with Gasteiger partial charge in [0.25, 0.3) is 0 Å². The molecule has 0 aliphatic heterocycles. The van der Waals surface area contributed by atoms with Gasteiger partial charge in [-0.05, 0) is 31.0 Å². The second-order valence-corrected chi connectivity index (χ2v) is 6.25. The first-order valence-corrected chi connectivity index (χ1v) is 8.00. The van der Waals surface area contributed by atoms with Gasteiger partial charge in [0.05, 0.1) is 11.3 Å². The average molecular weight is 363 g/mol. The minimum absolute atomic E-state index is 0.0265. The molecule has 0 atom stereocenters. The van der Waals surface area contributed by atoms with Crippen LogP contribution in [-0.4, -0.2) is 24.4 Å². The number of nitrogens with zero attached hydrogens (tertiary/aromatic N) is 1. The summed E-state index contributed by atoms with van der Waals surface area (Å²) in [5.41, 5.74) is -1.42. The fourth-order valence-corrected chi connectivity index (χ4v) is 3.00. The van der Waals surface area contributed by atoms with Gasteiger partial charge in [-0.1, -0.05) is 24.4 Å². The lowest BCUT2D eigenvalue weighted by atomic mass is 10.1. The zero-order valence-electron chi connectivity index (χ0n) is 13.1. The number of amides is 2. The average Bonchev–Trinajstić information content (AvgIpc) is 2.96. The molecular formula is C16H18ClF3N2O2. The molecule has 0 bridgehead atoms. The number of hydrogen-bond acceptors (Lipinski definition) is 2. The molecule has 0 aromatic heterocycles. The Morgan fingerprint density at radius 3 is 2.46 bits per heavy atom. The van der Waals surface area contributed by atoms with Crippen molar-refractivity contribution in [2.24, 2.45) is 0 Å². The molecule has 0 spiro atoms. The lowest BCUT2D eigenvalue weighted by Crippen LogP contribution is -2.43. The highest BCUT2D eigenvalue weighted by Crippen LogP contribution is 2.38. The minimum Gasteiger partial charge on any atom is -0.352 e. The van der Waals surface area contributed by atoms with Gasteiger partial charge >= 0.3 is 6.18 Å². The predicted octanol–water partition coefficient (Wildman–Crippen LogP) is 3.77. The molecule has 8 heteroatoms. The number of halogens is 4. The van der Waals surface area contributed by atoms with Gasteiger partial charge in [0.15, 0.2) is 0 Å². The lowest BCUT2D eigenvalue weighted by Gasteiger charge is -2.25. The summed E-state index contributed by atoms with van der Waals surface area (Å²) < 4.78 is 39.7. The Hall–Kier alpha value is -1.76. The zero-order valence-corrected chi connectivity index (χ0v) is 13.9. The molecule has 1 aromatic carbocycles. The van der Waals surface area contributed by atoms with E-state index in [9.17, 15) is 22.8 Å². The largest absolute Gasteiger partial charge is 0.418 e. The molecule has 2 rings (SSSR count). The van der Waals surface area contributed by atoms with Crippen LogP contribution < -0.4 is 10.2 Å². The molecule has 24 heavy (non-hydrogen) atoms. The zero-order chi connectivity index (χ0) is 17.9. The molecule has 0 heterocycles. The number of rotatable bonds is 4. The second kappa shape index (κ2) is 7.42. The summed E-state index contributed by atoms with van der Waals surface area (Å²) in [7, 11) is 0. The van der Waals surface area contributed by atoms with Gasteiger partial charge in [0.1, 0.15) is 6.54 Å². The Morgan fingerprint density at radius 1 is 1.29 bits per heavy atom. The standard InChI is InChI=1S/C16H18ClF3N2O2/c1-10(23)22(9-15(24)21-12-4-2-3-5-12)14-7-6-11(17)8-13(14)16(18,19)20/h6-8,12H,2-5,9H2,1H3,(H,21,24). The summed E-state index contributed by atoms with van der Waals surface area (Å²) in [5.74, 6) is -1.12. The van der Waals surface area contributed by atoms with Gasteiger partial charge in [-0.15, -0.1) is 0 Å². The van der Waals surface area contributed by atoms with Crippen molar-refractivity contribution in [3.8, 4) is 0 Å². The van der Waals surface area contributed by atoms with Crippen LogP contribution in [-0.2, 0) is 15.8 Å². The summed E-state index contributed by atoms with van der Waals surface area (Å²) in [5, 5.41) is 2.67. The van der Waals surface area contributed by atoms with Crippen molar-refractivity contribution >= 4 is 29.1 Å². The number of carbonyl (C=O) groups is 2. The molecule has 0 unspecified atom stereocenters. The van der Waals surface area contributed by atoms with E-state index in [1.165, 1.54) is 6.07 Å². The van der Waals surface area contributed by atoms with Gasteiger partial charge in [-0.25, -0.2) is 0 Å². The van der Waals surface area contributed by atoms with Crippen LogP contribution in [0.5, 0.6) is 0 Å². The van der Waals surface area contributed by atoms with E-state index < -0.39 is 30.1 Å². The number of nitrogens with one attached hydrogen (secondary N) is 1. The van der Waals surface area contributed by atoms with Crippen LogP contribution >= 0.6 is 11.6 Å². The Kier molecular flexibility index (Phi) is 5.74. The topological polar surface area (TPSA) is 49.4 Å². The molecular weight excluding hydrogens is 345 g/mol. The van der Waals surface area contributed by atoms with Crippen LogP contribution in [0.2, 0.25) is 5.02 Å². The summed E-state index contributed by atoms with van der Waals surface area (Å²) >= 11 is 5.64. The number of carbonyl (C=O) groups excluding carboxylic acids is 2. The Labute approximate surface area is 143 Å². The maximum Gasteiger partial charge on any atom is 0.418 e. The molecule has 1 aliphatic rings. The summed E-state index contributed by atoms with van der Waals surface area (Å²) in [6.45, 7) is 0.661. The van der Waals surface area contributed by atoms with Crippen LogP contribution in [0.3, 0.4) is 0 Å². The van der Waals surface area contributed by atoms with Crippen molar-refractivity contribution in [1.82, 2.24) is 5.32 Å². The van der Waals surface area contributed by atoms with E-state index in [-0.39, 0.29) is 16.8 Å². The first-order chi connectivity index (χ1) is 11.2. The van der Waals surface area contributed by atoms with Crippen LogP contribution in [0.25, 0.3) is 0 Å². The van der Waals surface area contributed by atoms with Crippen LogP contribution in [0.15, 0.2) is 18.2 Å². The lowest BCUT2D eigenvalue weighted by molar-refractivity contribution is -0.137. The van der Waals surface area contributed by atoms with Crippen molar-refractivity contribution in [2.45, 2.75) is 44.8 Å². The minimum atomic E-state index is -4.68. The highest BCUT2D eigenvalue weighted by Gasteiger charge is 2.36. The normalized spacial score (nSPS) is 15.4. The van der Waals surface area contributed by atoms with Crippen molar-refractivity contribution in [3.63, 3.8) is 0 Å². The van der Waals surface area contributed by atoms with E-state index in [2.05, 4.69) is 5.32 Å². The van der Waals surface area contributed by atoms with Crippen molar-refractivity contribution < 1.29 is 22.8 Å². The number of alkyl halides is 3. The van der Waals surface area contributed by atoms with E-state index in [0.717, 1.165) is 49.6 Å². The predicted molar refractivity (Wildman–Crippen MR) is 84.9 cm³/mol. The second-order valence-electron chi connectivity index (χ2n) is 5.81. The highest BCUT2D eigenvalue weighted by molar-refractivity contribution is 6.30. The van der Waals surface area contributed by atoms with Crippen molar-refractivity contribution in [2.75, 3.05) is 11.4 Å². The molecule has 1 saturated carbocycles. The molecule has 0 radical (unpaired) electrons. The van der Waals surface area contributed by atoms with Crippen LogP contribution in [0, 0.1) is 0 Å². The third-order valence-electron chi connectivity index (χ3n) is 3.96. The molecule has 1 N–H and O–H groups in total. The first-order valence-electron chi connectivity index (χ1n) is 7.62. The monoisotopic (exact) mass is 362 g/mol. The molecule has 1 aliphatic carbocycles. The van der Waals surface area contributed by atoms with Gasteiger partial charge < -0.3 is 10.2 Å². The Morgan fingerprint density at radius 2 is 1.92 bits per heavy atom. The Balaban J connectivity index is 2.24. The van der Waals surface area contributed by atoms with E-state index >= 15 is 0 Å². The van der Waals surface area contributed by atoms with Crippen molar-refractivity contribution in [1.29, 1.82) is 0 Å². The summed E-state index contributed by atoms with van der Waals surface area (Å²) in [6, 6.07) is 3.15. The van der Waals surface area contributed by atoms with Crippen LogP contribution in [0.4, 0.5) is 18.9 Å². The summed E-state index contributed by atoms with van der Waals surface area (Å²) in [6.07, 6.45) is -0.968. The molecule has 4 nitrogen and oxygen atoms in total. The van der Waals surface area contributed by atoms with Gasteiger partial charge in [-0.2, -0.15) is 13.2 Å². The first kappa shape index (κ1) is 18.6. The molecule has 2 amide bonds. The van der Waals surface area contributed by atoms with E-state index in [0.29, 0.717) is 0 Å². The smallest absolute Gasteiger partial charge is 0.352 e. The van der Waals surface area contributed by atoms with E-state index in [4.69, 9.17) is 11.6 Å². The van der Waals surface area contributed by atoms with Gasteiger partial charge in [0, 0.05) is 18.0 Å². The molecule has 132 valence electrons. The Bertz CT molecular complexity index is 628. The van der Waals surface area contributed by atoms with E-state index in [1.807, 2.05) is 0 Å². The van der Waals surface area contributed by atoms with Gasteiger partial charge in [-0.3, -0.25) is 9.59 Å². The fourth-order valence-electron chi connectivity index (χ4n) is 2.82. The fraction of sp³-hybridized carbons (Fsp3) is 0.500. The highest BCUT2D eigenvalue weighted by atomic mass is 35.5. The molecule has 1 aromatic rings. The van der Waals surface area contributed by atoms with Crippen molar-refractivity contribution in [3.05, 3.63) is 28.8 Å².